The molecule has 0 spiro atoms. The highest BCUT2D eigenvalue weighted by Gasteiger charge is 2.16. The van der Waals surface area contributed by atoms with Crippen LogP contribution in [0.4, 0.5) is 5.69 Å². The third-order valence-corrected chi connectivity index (χ3v) is 5.13. The van der Waals surface area contributed by atoms with Gasteiger partial charge in [-0.05, 0) is 18.9 Å². The topological polar surface area (TPSA) is 135 Å². The number of aliphatic imine (C=N–C) groups is 1. The minimum absolute atomic E-state index is 0.103. The van der Waals surface area contributed by atoms with Gasteiger partial charge in [-0.2, -0.15) is 0 Å². The van der Waals surface area contributed by atoms with E-state index in [0.717, 1.165) is 31.9 Å². The zero-order valence-corrected chi connectivity index (χ0v) is 17.1. The lowest BCUT2D eigenvalue weighted by atomic mass is 10.3. The van der Waals surface area contributed by atoms with Crippen LogP contribution in [0, 0.1) is 10.1 Å². The Morgan fingerprint density at radius 2 is 1.89 bits per heavy atom. The molecule has 0 unspecified atom stereocenters. The van der Waals surface area contributed by atoms with Crippen molar-refractivity contribution >= 4 is 21.7 Å². The molecule has 11 heteroatoms. The van der Waals surface area contributed by atoms with E-state index in [9.17, 15) is 18.5 Å². The molecule has 0 amide bonds. The largest absolute Gasteiger partial charge is 0.381 e. The van der Waals surface area contributed by atoms with Crippen LogP contribution in [-0.4, -0.2) is 59.2 Å². The fraction of sp³-hybridized carbons (Fsp3) is 0.588. The smallest absolute Gasteiger partial charge is 0.270 e. The van der Waals surface area contributed by atoms with Crippen LogP contribution in [0.2, 0.25) is 0 Å². The highest BCUT2D eigenvalue weighted by atomic mass is 32.2. The monoisotopic (exact) mass is 415 g/mol. The van der Waals surface area contributed by atoms with Gasteiger partial charge in [0.25, 0.3) is 5.69 Å². The van der Waals surface area contributed by atoms with Gasteiger partial charge < -0.3 is 15.4 Å². The van der Waals surface area contributed by atoms with Gasteiger partial charge >= 0.3 is 0 Å². The van der Waals surface area contributed by atoms with Crippen molar-refractivity contribution in [3.05, 3.63) is 34.4 Å². The number of benzene rings is 1. The summed E-state index contributed by atoms with van der Waals surface area (Å²) in [6.45, 7) is 4.66. The summed E-state index contributed by atoms with van der Waals surface area (Å²) in [5.41, 5.74) is -0.274. The Labute approximate surface area is 166 Å². The Morgan fingerprint density at radius 1 is 1.18 bits per heavy atom. The maximum atomic E-state index is 12.2. The molecule has 10 nitrogen and oxygen atoms in total. The standard InChI is InChI=1S/C17H29N5O5S/c1-3-4-12-27-13-6-9-19-17(18-2)20-10-11-21-28(25,26)16-8-5-7-15(14-16)22(23)24/h5,7-8,14,21H,3-4,6,9-13H2,1-2H3,(H2,18,19,20). The lowest BCUT2D eigenvalue weighted by Gasteiger charge is -2.12. The van der Waals surface area contributed by atoms with Crippen LogP contribution in [-0.2, 0) is 14.8 Å². The predicted molar refractivity (Wildman–Crippen MR) is 108 cm³/mol. The summed E-state index contributed by atoms with van der Waals surface area (Å²) in [5, 5.41) is 16.9. The molecule has 0 fully saturated rings. The first-order chi connectivity index (χ1) is 13.4. The van der Waals surface area contributed by atoms with Crippen molar-refractivity contribution in [2.24, 2.45) is 4.99 Å². The van der Waals surface area contributed by atoms with Gasteiger partial charge in [-0.15, -0.1) is 0 Å². The maximum absolute atomic E-state index is 12.2. The number of non-ortho nitro benzene ring substituents is 1. The Kier molecular flexibility index (Phi) is 11.1. The molecule has 0 saturated heterocycles. The van der Waals surface area contributed by atoms with Crippen molar-refractivity contribution in [3.8, 4) is 0 Å². The highest BCUT2D eigenvalue weighted by molar-refractivity contribution is 7.89. The summed E-state index contributed by atoms with van der Waals surface area (Å²) in [7, 11) is -2.20. The van der Waals surface area contributed by atoms with Crippen molar-refractivity contribution in [1.29, 1.82) is 0 Å². The zero-order chi connectivity index (χ0) is 20.8. The Hall–Kier alpha value is -2.24. The summed E-state index contributed by atoms with van der Waals surface area (Å²) >= 11 is 0. The second-order valence-electron chi connectivity index (χ2n) is 5.90. The van der Waals surface area contributed by atoms with E-state index < -0.39 is 14.9 Å². The summed E-state index contributed by atoms with van der Waals surface area (Å²) in [6, 6.07) is 4.92. The molecular weight excluding hydrogens is 386 g/mol. The highest BCUT2D eigenvalue weighted by Crippen LogP contribution is 2.16. The molecular formula is C17H29N5O5S. The zero-order valence-electron chi connectivity index (χ0n) is 16.3. The molecule has 0 saturated carbocycles. The second kappa shape index (κ2) is 13.0. The molecule has 1 aromatic carbocycles. The lowest BCUT2D eigenvalue weighted by molar-refractivity contribution is -0.385. The third kappa shape index (κ3) is 9.11. The van der Waals surface area contributed by atoms with Crippen LogP contribution in [0.25, 0.3) is 0 Å². The molecule has 0 bridgehead atoms. The molecule has 0 aliphatic heterocycles. The number of nitro groups is 1. The first-order valence-electron chi connectivity index (χ1n) is 9.17. The van der Waals surface area contributed by atoms with Crippen LogP contribution in [0.15, 0.2) is 34.2 Å². The van der Waals surface area contributed by atoms with Gasteiger partial charge in [0.1, 0.15) is 0 Å². The minimum atomic E-state index is -3.82. The summed E-state index contributed by atoms with van der Waals surface area (Å²) < 4.78 is 32.3. The van der Waals surface area contributed by atoms with E-state index >= 15 is 0 Å². The number of hydrogen-bond donors (Lipinski definition) is 3. The second-order valence-corrected chi connectivity index (χ2v) is 7.66. The molecule has 0 aliphatic carbocycles. The predicted octanol–water partition coefficient (Wildman–Crippen LogP) is 1.24. The van der Waals surface area contributed by atoms with Crippen LogP contribution in [0.3, 0.4) is 0 Å². The van der Waals surface area contributed by atoms with Crippen molar-refractivity contribution in [3.63, 3.8) is 0 Å². The SMILES string of the molecule is CCCCOCCCNC(=NC)NCCNS(=O)(=O)c1cccc([N+](=O)[O-])c1. The van der Waals surface area contributed by atoms with Gasteiger partial charge in [0, 0.05) is 52.0 Å². The molecule has 0 atom stereocenters. The maximum Gasteiger partial charge on any atom is 0.270 e. The molecule has 1 aromatic rings. The number of hydrogen-bond acceptors (Lipinski definition) is 6. The normalized spacial score (nSPS) is 12.0. The van der Waals surface area contributed by atoms with E-state index in [1.807, 2.05) is 0 Å². The number of ether oxygens (including phenoxy) is 1. The average Bonchev–Trinajstić information content (AvgIpc) is 2.68. The summed E-state index contributed by atoms with van der Waals surface area (Å²) in [5.74, 6) is 0.558. The molecule has 0 aliphatic rings. The van der Waals surface area contributed by atoms with Crippen molar-refractivity contribution in [1.82, 2.24) is 15.4 Å². The number of guanidine groups is 1. The van der Waals surface area contributed by atoms with E-state index in [2.05, 4.69) is 27.3 Å². The molecule has 158 valence electrons. The number of nitrogens with one attached hydrogen (secondary N) is 3. The van der Waals surface area contributed by atoms with Gasteiger partial charge in [-0.3, -0.25) is 15.1 Å². The van der Waals surface area contributed by atoms with Crippen molar-refractivity contribution in [2.75, 3.05) is 39.9 Å². The molecule has 0 radical (unpaired) electrons. The van der Waals surface area contributed by atoms with Crippen LogP contribution < -0.4 is 15.4 Å². The fourth-order valence-corrected chi connectivity index (χ4v) is 3.24. The first kappa shape index (κ1) is 23.8. The average molecular weight is 416 g/mol. The molecule has 0 aromatic heterocycles. The van der Waals surface area contributed by atoms with Gasteiger partial charge in [-0.1, -0.05) is 19.4 Å². The fourth-order valence-electron chi connectivity index (χ4n) is 2.16. The van der Waals surface area contributed by atoms with E-state index in [-0.39, 0.29) is 17.1 Å². The Balaban J connectivity index is 2.32. The number of unbranched alkanes of at least 4 members (excludes halogenated alkanes) is 1. The first-order valence-corrected chi connectivity index (χ1v) is 10.7. The number of rotatable bonds is 13. The Bertz CT molecular complexity index is 739. The van der Waals surface area contributed by atoms with Crippen LogP contribution >= 0.6 is 0 Å². The summed E-state index contributed by atoms with van der Waals surface area (Å²) in [4.78, 5) is 14.1. The number of nitro benzene ring substituents is 1. The van der Waals surface area contributed by atoms with Crippen molar-refractivity contribution < 1.29 is 18.1 Å². The van der Waals surface area contributed by atoms with E-state index in [4.69, 9.17) is 4.74 Å². The minimum Gasteiger partial charge on any atom is -0.381 e. The van der Waals surface area contributed by atoms with Crippen molar-refractivity contribution in [2.45, 2.75) is 31.1 Å². The van der Waals surface area contributed by atoms with E-state index in [0.29, 0.717) is 25.7 Å². The molecule has 28 heavy (non-hydrogen) atoms. The molecule has 1 rings (SSSR count). The van der Waals surface area contributed by atoms with Gasteiger partial charge in [0.2, 0.25) is 10.0 Å². The van der Waals surface area contributed by atoms with E-state index in [1.54, 1.807) is 7.05 Å². The van der Waals surface area contributed by atoms with Gasteiger partial charge in [0.15, 0.2) is 5.96 Å². The lowest BCUT2D eigenvalue weighted by Crippen LogP contribution is -2.42. The van der Waals surface area contributed by atoms with Gasteiger partial charge in [-0.25, -0.2) is 13.1 Å². The van der Waals surface area contributed by atoms with Gasteiger partial charge in [0.05, 0.1) is 9.82 Å². The third-order valence-electron chi connectivity index (χ3n) is 3.67. The summed E-state index contributed by atoms with van der Waals surface area (Å²) in [6.07, 6.45) is 3.01. The van der Waals surface area contributed by atoms with E-state index in [1.165, 1.54) is 18.2 Å². The molecule has 3 N–H and O–H groups in total. The number of sulfonamides is 1. The number of nitrogens with zero attached hydrogens (tertiary/aromatic N) is 2. The quantitative estimate of drug-likeness (QED) is 0.145. The van der Waals surface area contributed by atoms with Crippen LogP contribution in [0.5, 0.6) is 0 Å². The Morgan fingerprint density at radius 3 is 2.57 bits per heavy atom. The molecule has 0 heterocycles. The van der Waals surface area contributed by atoms with Crippen LogP contribution in [0.1, 0.15) is 26.2 Å².